The summed E-state index contributed by atoms with van der Waals surface area (Å²) < 4.78 is 1.82. The Balaban J connectivity index is 1.39. The standard InChI is InChI=1S/C24H26N4O2/c29-23(30)14-21(19-7-2-1-3-8-19)17-28-16-18(15-26-28)6-4-10-22-12-11-20-9-5-13-25-24(20)27-22/h1-4,6-8,11-12,15-16,21H,5,9-10,13-14,17H2,(H,25,27)(H,29,30)/b6-4+. The lowest BCUT2D eigenvalue weighted by atomic mass is 9.96. The zero-order valence-electron chi connectivity index (χ0n) is 16.9. The average molecular weight is 402 g/mol. The number of nitrogens with zero attached hydrogens (tertiary/aromatic N) is 3. The number of aliphatic carboxylic acids is 1. The van der Waals surface area contributed by atoms with Crippen molar-refractivity contribution in [1.82, 2.24) is 14.8 Å². The normalized spacial score (nSPS) is 14.3. The van der Waals surface area contributed by atoms with Crippen LogP contribution in [0.4, 0.5) is 5.82 Å². The largest absolute Gasteiger partial charge is 0.481 e. The molecule has 2 N–H and O–H groups in total. The summed E-state index contributed by atoms with van der Waals surface area (Å²) in [5.41, 5.74) is 4.34. The third kappa shape index (κ3) is 5.14. The molecule has 0 amide bonds. The van der Waals surface area contributed by atoms with E-state index in [0.717, 1.165) is 48.4 Å². The summed E-state index contributed by atoms with van der Waals surface area (Å²) in [6, 6.07) is 14.0. The van der Waals surface area contributed by atoms with Crippen LogP contribution in [0.25, 0.3) is 6.08 Å². The first-order chi connectivity index (χ1) is 14.7. The van der Waals surface area contributed by atoms with Crippen LogP contribution >= 0.6 is 0 Å². The summed E-state index contributed by atoms with van der Waals surface area (Å²) in [5, 5.41) is 17.1. The summed E-state index contributed by atoms with van der Waals surface area (Å²) in [7, 11) is 0. The number of carboxylic acid groups (broad SMARTS) is 1. The van der Waals surface area contributed by atoms with Crippen LogP contribution in [-0.2, 0) is 24.2 Å². The van der Waals surface area contributed by atoms with Crippen molar-refractivity contribution in [3.05, 3.63) is 83.3 Å². The number of aryl methyl sites for hydroxylation is 1. The van der Waals surface area contributed by atoms with Gasteiger partial charge >= 0.3 is 5.97 Å². The molecule has 0 aliphatic carbocycles. The van der Waals surface area contributed by atoms with Crippen LogP contribution in [0, 0.1) is 0 Å². The molecule has 0 saturated heterocycles. The van der Waals surface area contributed by atoms with E-state index < -0.39 is 5.97 Å². The highest BCUT2D eigenvalue weighted by Gasteiger charge is 2.16. The van der Waals surface area contributed by atoms with Crippen molar-refractivity contribution in [1.29, 1.82) is 0 Å². The third-order valence-electron chi connectivity index (χ3n) is 5.34. The van der Waals surface area contributed by atoms with Gasteiger partial charge in [0.05, 0.1) is 12.6 Å². The Morgan fingerprint density at radius 2 is 2.10 bits per heavy atom. The molecule has 0 radical (unpaired) electrons. The van der Waals surface area contributed by atoms with Crippen LogP contribution in [0.2, 0.25) is 0 Å². The number of carboxylic acids is 1. The number of carbonyl (C=O) groups is 1. The van der Waals surface area contributed by atoms with Gasteiger partial charge in [-0.15, -0.1) is 0 Å². The van der Waals surface area contributed by atoms with Gasteiger partial charge in [0.2, 0.25) is 0 Å². The van der Waals surface area contributed by atoms with E-state index in [1.54, 1.807) is 6.20 Å². The first-order valence-electron chi connectivity index (χ1n) is 10.4. The van der Waals surface area contributed by atoms with Gasteiger partial charge < -0.3 is 10.4 Å². The second kappa shape index (κ2) is 9.39. The van der Waals surface area contributed by atoms with Crippen LogP contribution in [-0.4, -0.2) is 32.4 Å². The number of rotatable bonds is 8. The van der Waals surface area contributed by atoms with Crippen molar-refractivity contribution in [2.45, 2.75) is 38.1 Å². The van der Waals surface area contributed by atoms with E-state index in [-0.39, 0.29) is 12.3 Å². The molecule has 4 rings (SSSR count). The molecule has 1 unspecified atom stereocenters. The highest BCUT2D eigenvalue weighted by atomic mass is 16.4. The van der Waals surface area contributed by atoms with E-state index in [9.17, 15) is 9.90 Å². The molecule has 154 valence electrons. The Bertz CT molecular complexity index is 1030. The van der Waals surface area contributed by atoms with Crippen molar-refractivity contribution in [2.24, 2.45) is 0 Å². The lowest BCUT2D eigenvalue weighted by Gasteiger charge is -2.17. The first kappa shape index (κ1) is 19.9. The number of hydrogen-bond acceptors (Lipinski definition) is 4. The van der Waals surface area contributed by atoms with Crippen molar-refractivity contribution in [3.63, 3.8) is 0 Å². The van der Waals surface area contributed by atoms with Gasteiger partial charge in [0.25, 0.3) is 0 Å². The molecule has 3 heterocycles. The van der Waals surface area contributed by atoms with Gasteiger partial charge in [-0.2, -0.15) is 5.10 Å². The molecule has 0 spiro atoms. The van der Waals surface area contributed by atoms with Crippen molar-refractivity contribution >= 4 is 17.9 Å². The van der Waals surface area contributed by atoms with Crippen LogP contribution in [0.5, 0.6) is 0 Å². The second-order valence-electron chi connectivity index (χ2n) is 7.65. The van der Waals surface area contributed by atoms with Gasteiger partial charge in [-0.25, -0.2) is 4.98 Å². The number of aromatic nitrogens is 3. The Morgan fingerprint density at radius 1 is 1.23 bits per heavy atom. The van der Waals surface area contributed by atoms with E-state index >= 15 is 0 Å². The minimum Gasteiger partial charge on any atom is -0.481 e. The van der Waals surface area contributed by atoms with Crippen LogP contribution in [0.15, 0.2) is 60.9 Å². The predicted molar refractivity (Wildman–Crippen MR) is 117 cm³/mol. The van der Waals surface area contributed by atoms with Crippen LogP contribution in [0.1, 0.15) is 41.1 Å². The highest BCUT2D eigenvalue weighted by Crippen LogP contribution is 2.22. The van der Waals surface area contributed by atoms with Crippen molar-refractivity contribution in [2.75, 3.05) is 11.9 Å². The number of benzene rings is 1. The molecule has 6 heteroatoms. The van der Waals surface area contributed by atoms with Gasteiger partial charge in [-0.05, 0) is 30.0 Å². The zero-order valence-corrected chi connectivity index (χ0v) is 16.9. The van der Waals surface area contributed by atoms with Gasteiger partial charge in [0.1, 0.15) is 5.82 Å². The maximum Gasteiger partial charge on any atom is 0.304 e. The number of pyridine rings is 1. The number of anilines is 1. The van der Waals surface area contributed by atoms with E-state index in [4.69, 9.17) is 4.98 Å². The lowest BCUT2D eigenvalue weighted by Crippen LogP contribution is -2.13. The topological polar surface area (TPSA) is 80.0 Å². The fraction of sp³-hybridized carbons (Fsp3) is 0.292. The van der Waals surface area contributed by atoms with Gasteiger partial charge in [0, 0.05) is 42.9 Å². The molecule has 0 bridgehead atoms. The van der Waals surface area contributed by atoms with Gasteiger partial charge in [-0.1, -0.05) is 48.6 Å². The Morgan fingerprint density at radius 3 is 2.93 bits per heavy atom. The van der Waals surface area contributed by atoms with E-state index in [1.807, 2.05) is 47.3 Å². The predicted octanol–water partition coefficient (Wildman–Crippen LogP) is 4.15. The SMILES string of the molecule is O=C(O)CC(Cn1cc(/C=C/Cc2ccc3c(n2)NCCC3)cn1)c1ccccc1. The minimum atomic E-state index is -0.803. The minimum absolute atomic E-state index is 0.0765. The molecule has 6 nitrogen and oxygen atoms in total. The van der Waals surface area contributed by atoms with E-state index in [1.165, 1.54) is 5.56 Å². The zero-order chi connectivity index (χ0) is 20.8. The monoisotopic (exact) mass is 402 g/mol. The summed E-state index contributed by atoms with van der Waals surface area (Å²) >= 11 is 0. The number of nitrogens with one attached hydrogen (secondary N) is 1. The maximum atomic E-state index is 11.3. The maximum absolute atomic E-state index is 11.3. The molecular weight excluding hydrogens is 376 g/mol. The molecule has 2 aromatic heterocycles. The van der Waals surface area contributed by atoms with Crippen molar-refractivity contribution < 1.29 is 9.90 Å². The summed E-state index contributed by atoms with van der Waals surface area (Å²) in [4.78, 5) is 16.0. The molecule has 1 aliphatic heterocycles. The number of fused-ring (bicyclic) bond motifs is 1. The van der Waals surface area contributed by atoms with E-state index in [0.29, 0.717) is 6.54 Å². The Hall–Kier alpha value is -3.41. The molecule has 1 aromatic carbocycles. The average Bonchev–Trinajstić information content (AvgIpc) is 3.21. The van der Waals surface area contributed by atoms with Crippen LogP contribution < -0.4 is 5.32 Å². The van der Waals surface area contributed by atoms with Crippen LogP contribution in [0.3, 0.4) is 0 Å². The lowest BCUT2D eigenvalue weighted by molar-refractivity contribution is -0.137. The molecule has 30 heavy (non-hydrogen) atoms. The Kier molecular flexibility index (Phi) is 6.23. The molecule has 3 aromatic rings. The molecular formula is C24H26N4O2. The number of hydrogen-bond donors (Lipinski definition) is 2. The van der Waals surface area contributed by atoms with E-state index in [2.05, 4.69) is 28.6 Å². The molecule has 0 saturated carbocycles. The summed E-state index contributed by atoms with van der Waals surface area (Å²) in [5.74, 6) is 0.0983. The summed E-state index contributed by atoms with van der Waals surface area (Å²) in [6.07, 6.45) is 11.0. The fourth-order valence-corrected chi connectivity index (χ4v) is 3.81. The first-order valence-corrected chi connectivity index (χ1v) is 10.4. The molecule has 1 aliphatic rings. The second-order valence-corrected chi connectivity index (χ2v) is 7.65. The highest BCUT2D eigenvalue weighted by molar-refractivity contribution is 5.68. The van der Waals surface area contributed by atoms with Crippen molar-refractivity contribution in [3.8, 4) is 0 Å². The smallest absolute Gasteiger partial charge is 0.304 e. The fourth-order valence-electron chi connectivity index (χ4n) is 3.81. The van der Waals surface area contributed by atoms with Gasteiger partial charge in [-0.3, -0.25) is 9.48 Å². The quantitative estimate of drug-likeness (QED) is 0.592. The molecule has 0 fully saturated rings. The summed E-state index contributed by atoms with van der Waals surface area (Å²) in [6.45, 7) is 1.52. The Labute approximate surface area is 176 Å². The third-order valence-corrected chi connectivity index (χ3v) is 5.34. The van der Waals surface area contributed by atoms with Gasteiger partial charge in [0.15, 0.2) is 0 Å². The molecule has 1 atom stereocenters. The number of allylic oxidation sites excluding steroid dienone is 1.